The van der Waals surface area contributed by atoms with Crippen LogP contribution in [0.3, 0.4) is 0 Å². The van der Waals surface area contributed by atoms with Crippen LogP contribution in [0.1, 0.15) is 17.5 Å². The summed E-state index contributed by atoms with van der Waals surface area (Å²) in [5, 5.41) is 11.3. The summed E-state index contributed by atoms with van der Waals surface area (Å²) in [5.41, 5.74) is 2.52. The Hall–Kier alpha value is -1.60. The monoisotopic (exact) mass is 212 g/mol. The molecular formula is C15H16O. The largest absolute Gasteiger partial charge is 0.396 e. The minimum absolute atomic E-state index is 0.209. The van der Waals surface area contributed by atoms with Crippen molar-refractivity contribution in [3.63, 3.8) is 0 Å². The van der Waals surface area contributed by atoms with Crippen molar-refractivity contribution in [2.24, 2.45) is 0 Å². The quantitative estimate of drug-likeness (QED) is 0.825. The summed E-state index contributed by atoms with van der Waals surface area (Å²) in [7, 11) is 0. The molecule has 82 valence electrons. The molecule has 0 aliphatic heterocycles. The third kappa shape index (κ3) is 2.15. The van der Waals surface area contributed by atoms with Gasteiger partial charge in [-0.2, -0.15) is 0 Å². The van der Waals surface area contributed by atoms with Gasteiger partial charge in [0.1, 0.15) is 0 Å². The summed E-state index contributed by atoms with van der Waals surface area (Å²) in [4.78, 5) is 0. The van der Waals surface area contributed by atoms with Crippen molar-refractivity contribution in [2.45, 2.75) is 13.3 Å². The molecule has 0 aliphatic carbocycles. The standard InChI is InChI=1S/C15H16O/c1-12-9-10-13(6-4-5-11-16)15-8-3-2-7-14(12)15/h2-4,6-10,16H,5,11H2,1H3. The van der Waals surface area contributed by atoms with E-state index in [9.17, 15) is 0 Å². The Kier molecular flexibility index (Phi) is 3.37. The first-order chi connectivity index (χ1) is 7.83. The Bertz CT molecular complexity index is 512. The van der Waals surface area contributed by atoms with Gasteiger partial charge in [0.15, 0.2) is 0 Å². The maximum atomic E-state index is 8.75. The fourth-order valence-corrected chi connectivity index (χ4v) is 1.90. The zero-order valence-electron chi connectivity index (χ0n) is 9.48. The van der Waals surface area contributed by atoms with Gasteiger partial charge >= 0.3 is 0 Å². The number of fused-ring (bicyclic) bond motifs is 1. The summed E-state index contributed by atoms with van der Waals surface area (Å²) in [5.74, 6) is 0. The second-order valence-corrected chi connectivity index (χ2v) is 3.93. The van der Waals surface area contributed by atoms with Gasteiger partial charge in [0.2, 0.25) is 0 Å². The van der Waals surface area contributed by atoms with Crippen molar-refractivity contribution in [1.29, 1.82) is 0 Å². The highest BCUT2D eigenvalue weighted by Gasteiger charge is 1.99. The number of rotatable bonds is 3. The lowest BCUT2D eigenvalue weighted by Crippen LogP contribution is -1.82. The van der Waals surface area contributed by atoms with Gasteiger partial charge in [-0.05, 0) is 35.2 Å². The molecule has 2 aromatic rings. The molecule has 16 heavy (non-hydrogen) atoms. The summed E-state index contributed by atoms with van der Waals surface area (Å²) >= 11 is 0. The van der Waals surface area contributed by atoms with Crippen LogP contribution >= 0.6 is 0 Å². The minimum atomic E-state index is 0.209. The molecule has 0 amide bonds. The zero-order valence-corrected chi connectivity index (χ0v) is 9.48. The summed E-state index contributed by atoms with van der Waals surface area (Å²) < 4.78 is 0. The summed E-state index contributed by atoms with van der Waals surface area (Å²) in [6, 6.07) is 12.7. The van der Waals surface area contributed by atoms with Gasteiger partial charge in [-0.15, -0.1) is 0 Å². The van der Waals surface area contributed by atoms with E-state index < -0.39 is 0 Å². The van der Waals surface area contributed by atoms with Crippen molar-refractivity contribution in [3.8, 4) is 0 Å². The van der Waals surface area contributed by atoms with Crippen LogP contribution in [0.5, 0.6) is 0 Å². The smallest absolute Gasteiger partial charge is 0.0465 e. The van der Waals surface area contributed by atoms with Gasteiger partial charge in [0, 0.05) is 6.61 Å². The molecule has 1 N–H and O–H groups in total. The maximum absolute atomic E-state index is 8.75. The van der Waals surface area contributed by atoms with E-state index in [1.54, 1.807) is 0 Å². The van der Waals surface area contributed by atoms with E-state index in [0.29, 0.717) is 6.42 Å². The molecule has 2 aromatic carbocycles. The predicted molar refractivity (Wildman–Crippen MR) is 69.4 cm³/mol. The second-order valence-electron chi connectivity index (χ2n) is 3.93. The van der Waals surface area contributed by atoms with Crippen LogP contribution in [-0.4, -0.2) is 11.7 Å². The van der Waals surface area contributed by atoms with Crippen molar-refractivity contribution in [1.82, 2.24) is 0 Å². The molecule has 0 fully saturated rings. The number of aliphatic hydroxyl groups excluding tert-OH is 1. The zero-order chi connectivity index (χ0) is 11.4. The Morgan fingerprint density at radius 2 is 1.81 bits per heavy atom. The van der Waals surface area contributed by atoms with Crippen LogP contribution in [-0.2, 0) is 0 Å². The van der Waals surface area contributed by atoms with Crippen molar-refractivity contribution in [3.05, 3.63) is 53.6 Å². The third-order valence-corrected chi connectivity index (χ3v) is 2.77. The van der Waals surface area contributed by atoms with Crippen LogP contribution in [0.4, 0.5) is 0 Å². The minimum Gasteiger partial charge on any atom is -0.396 e. The van der Waals surface area contributed by atoms with Gasteiger partial charge in [0.25, 0.3) is 0 Å². The highest BCUT2D eigenvalue weighted by molar-refractivity contribution is 5.92. The van der Waals surface area contributed by atoms with Gasteiger partial charge in [-0.3, -0.25) is 0 Å². The van der Waals surface area contributed by atoms with E-state index in [1.807, 2.05) is 6.08 Å². The molecule has 0 saturated heterocycles. The molecule has 1 nitrogen and oxygen atoms in total. The molecular weight excluding hydrogens is 196 g/mol. The normalized spacial score (nSPS) is 11.4. The van der Waals surface area contributed by atoms with Crippen LogP contribution in [0.2, 0.25) is 0 Å². The highest BCUT2D eigenvalue weighted by Crippen LogP contribution is 2.23. The molecule has 0 bridgehead atoms. The average Bonchev–Trinajstić information content (AvgIpc) is 2.33. The van der Waals surface area contributed by atoms with E-state index in [-0.39, 0.29) is 6.61 Å². The fraction of sp³-hybridized carbons (Fsp3) is 0.200. The van der Waals surface area contributed by atoms with Crippen LogP contribution in [0.25, 0.3) is 16.8 Å². The first kappa shape index (κ1) is 10.9. The lowest BCUT2D eigenvalue weighted by atomic mass is 10.00. The summed E-state index contributed by atoms with van der Waals surface area (Å²) in [6.45, 7) is 2.34. The van der Waals surface area contributed by atoms with Crippen LogP contribution in [0.15, 0.2) is 42.5 Å². The van der Waals surface area contributed by atoms with E-state index in [0.717, 1.165) is 0 Å². The SMILES string of the molecule is Cc1ccc(C=CCCO)c2ccccc12. The number of hydrogen-bond acceptors (Lipinski definition) is 1. The van der Waals surface area contributed by atoms with Gasteiger partial charge in [-0.25, -0.2) is 0 Å². The third-order valence-electron chi connectivity index (χ3n) is 2.77. The molecule has 0 aromatic heterocycles. The van der Waals surface area contributed by atoms with Gasteiger partial charge in [0.05, 0.1) is 0 Å². The van der Waals surface area contributed by atoms with Crippen molar-refractivity contribution in [2.75, 3.05) is 6.61 Å². The Balaban J connectivity index is 2.50. The number of benzene rings is 2. The maximum Gasteiger partial charge on any atom is 0.0465 e. The lowest BCUT2D eigenvalue weighted by molar-refractivity contribution is 0.303. The molecule has 0 saturated carbocycles. The van der Waals surface area contributed by atoms with E-state index in [1.165, 1.54) is 21.9 Å². The fourth-order valence-electron chi connectivity index (χ4n) is 1.90. The first-order valence-corrected chi connectivity index (χ1v) is 5.58. The molecule has 2 rings (SSSR count). The molecule has 0 unspecified atom stereocenters. The molecule has 0 aliphatic rings. The Morgan fingerprint density at radius 1 is 1.06 bits per heavy atom. The first-order valence-electron chi connectivity index (χ1n) is 5.58. The Morgan fingerprint density at radius 3 is 2.56 bits per heavy atom. The topological polar surface area (TPSA) is 20.2 Å². The lowest BCUT2D eigenvalue weighted by Gasteiger charge is -2.05. The predicted octanol–water partition coefficient (Wildman–Crippen LogP) is 3.54. The van der Waals surface area contributed by atoms with Gasteiger partial charge < -0.3 is 5.11 Å². The van der Waals surface area contributed by atoms with Crippen LogP contribution in [0, 0.1) is 6.92 Å². The molecule has 0 radical (unpaired) electrons. The van der Waals surface area contributed by atoms with E-state index in [2.05, 4.69) is 49.4 Å². The van der Waals surface area contributed by atoms with Crippen molar-refractivity contribution < 1.29 is 5.11 Å². The molecule has 1 heteroatoms. The number of hydrogen-bond donors (Lipinski definition) is 1. The van der Waals surface area contributed by atoms with Gasteiger partial charge in [-0.1, -0.05) is 48.6 Å². The number of aliphatic hydroxyl groups is 1. The van der Waals surface area contributed by atoms with E-state index >= 15 is 0 Å². The molecule has 0 spiro atoms. The van der Waals surface area contributed by atoms with Crippen molar-refractivity contribution >= 4 is 16.8 Å². The van der Waals surface area contributed by atoms with E-state index in [4.69, 9.17) is 5.11 Å². The Labute approximate surface area is 96.0 Å². The van der Waals surface area contributed by atoms with Crippen LogP contribution < -0.4 is 0 Å². The second kappa shape index (κ2) is 4.95. The molecule has 0 heterocycles. The molecule has 0 atom stereocenters. The highest BCUT2D eigenvalue weighted by atomic mass is 16.2. The summed E-state index contributed by atoms with van der Waals surface area (Å²) in [6.07, 6.45) is 4.80. The average molecular weight is 212 g/mol. The number of aryl methyl sites for hydroxylation is 1.